The third kappa shape index (κ3) is 8.47. The maximum Gasteiger partial charge on any atom is 0.0533 e. The van der Waals surface area contributed by atoms with Gasteiger partial charge in [-0.2, -0.15) is 0 Å². The second kappa shape index (κ2) is 18.0. The first-order valence-electron chi connectivity index (χ1n) is 21.0. The lowest BCUT2D eigenvalue weighted by Gasteiger charge is -2.26. The number of benzene rings is 8. The van der Waals surface area contributed by atoms with Crippen molar-refractivity contribution in [1.82, 2.24) is 0 Å². The maximum atomic E-state index is 4.65. The van der Waals surface area contributed by atoms with Crippen LogP contribution in [0.1, 0.15) is 23.6 Å². The molecule has 3 nitrogen and oxygen atoms in total. The summed E-state index contributed by atoms with van der Waals surface area (Å²) < 4.78 is 0. The van der Waals surface area contributed by atoms with Crippen LogP contribution in [-0.2, 0) is 0 Å². The SMILES string of the molecule is C=C1/C=C(c2ccc(Nc3ccc4ccccc4c3)c(-c3cccc(Nc4ccccc4)c3C(=C)/C=C\C=C/C)c2)\C=C/N(c2cccc(-c3ccccc3)c2)c2ccccc21. The zero-order valence-corrected chi connectivity index (χ0v) is 34.8. The molecule has 0 saturated carbocycles. The van der Waals surface area contributed by atoms with Gasteiger partial charge in [0.25, 0.3) is 0 Å². The number of nitrogens with zero attached hydrogens (tertiary/aromatic N) is 1. The minimum atomic E-state index is 0.891. The van der Waals surface area contributed by atoms with Crippen molar-refractivity contribution in [3.63, 3.8) is 0 Å². The van der Waals surface area contributed by atoms with E-state index >= 15 is 0 Å². The molecule has 0 atom stereocenters. The van der Waals surface area contributed by atoms with Crippen molar-refractivity contribution in [1.29, 1.82) is 0 Å². The van der Waals surface area contributed by atoms with Gasteiger partial charge in [-0.3, -0.25) is 0 Å². The summed E-state index contributed by atoms with van der Waals surface area (Å²) in [6.07, 6.45) is 14.8. The monoisotopic (exact) mass is 797 g/mol. The number of para-hydroxylation sites is 2. The van der Waals surface area contributed by atoms with E-state index < -0.39 is 0 Å². The predicted molar refractivity (Wildman–Crippen MR) is 268 cm³/mol. The van der Waals surface area contributed by atoms with Crippen LogP contribution >= 0.6 is 0 Å². The van der Waals surface area contributed by atoms with Gasteiger partial charge < -0.3 is 15.5 Å². The van der Waals surface area contributed by atoms with E-state index in [-0.39, 0.29) is 0 Å². The molecule has 0 aromatic heterocycles. The lowest BCUT2D eigenvalue weighted by Crippen LogP contribution is -2.12. The highest BCUT2D eigenvalue weighted by molar-refractivity contribution is 5.99. The van der Waals surface area contributed by atoms with Crippen LogP contribution < -0.4 is 15.5 Å². The highest BCUT2D eigenvalue weighted by Crippen LogP contribution is 2.43. The van der Waals surface area contributed by atoms with Crippen LogP contribution in [0.2, 0.25) is 0 Å². The summed E-state index contributed by atoms with van der Waals surface area (Å²) in [5.41, 5.74) is 16.5. The van der Waals surface area contributed by atoms with Crippen molar-refractivity contribution >= 4 is 61.6 Å². The first-order valence-corrected chi connectivity index (χ1v) is 21.0. The molecule has 298 valence electrons. The second-order valence-electron chi connectivity index (χ2n) is 15.3. The molecule has 62 heavy (non-hydrogen) atoms. The van der Waals surface area contributed by atoms with Gasteiger partial charge in [0.05, 0.1) is 5.69 Å². The normalized spacial score (nSPS) is 13.9. The molecule has 0 unspecified atom stereocenters. The van der Waals surface area contributed by atoms with Crippen molar-refractivity contribution in [2.24, 2.45) is 0 Å². The van der Waals surface area contributed by atoms with E-state index in [2.05, 4.69) is 223 Å². The Morgan fingerprint density at radius 1 is 0.532 bits per heavy atom. The molecule has 0 amide bonds. The minimum Gasteiger partial charge on any atom is -0.355 e. The Morgan fingerprint density at radius 2 is 1.24 bits per heavy atom. The van der Waals surface area contributed by atoms with Crippen LogP contribution in [-0.4, -0.2) is 0 Å². The average molecular weight is 798 g/mol. The first-order chi connectivity index (χ1) is 30.5. The van der Waals surface area contributed by atoms with Crippen molar-refractivity contribution in [2.45, 2.75) is 6.92 Å². The number of nitrogens with one attached hydrogen (secondary N) is 2. The summed E-state index contributed by atoms with van der Waals surface area (Å²) in [4.78, 5) is 2.27. The molecule has 9 rings (SSSR count). The van der Waals surface area contributed by atoms with E-state index in [0.29, 0.717) is 0 Å². The van der Waals surface area contributed by atoms with Crippen LogP contribution in [0.15, 0.2) is 244 Å². The fourth-order valence-electron chi connectivity index (χ4n) is 8.12. The van der Waals surface area contributed by atoms with Gasteiger partial charge in [0, 0.05) is 51.3 Å². The Hall–Kier alpha value is -8.14. The van der Waals surface area contributed by atoms with Crippen molar-refractivity contribution in [2.75, 3.05) is 15.5 Å². The highest BCUT2D eigenvalue weighted by Gasteiger charge is 2.20. The molecule has 0 bridgehead atoms. The van der Waals surface area contributed by atoms with Gasteiger partial charge in [-0.15, -0.1) is 0 Å². The molecule has 8 aromatic carbocycles. The lowest BCUT2D eigenvalue weighted by atomic mass is 9.89. The molecule has 2 N–H and O–H groups in total. The van der Waals surface area contributed by atoms with Gasteiger partial charge >= 0.3 is 0 Å². The Bertz CT molecular complexity index is 3060. The molecule has 0 radical (unpaired) electrons. The zero-order chi connectivity index (χ0) is 42.3. The molecular formula is C59H47N3. The van der Waals surface area contributed by atoms with E-state index in [9.17, 15) is 0 Å². The van der Waals surface area contributed by atoms with Gasteiger partial charge in [-0.25, -0.2) is 0 Å². The first kappa shape index (κ1) is 39.3. The molecule has 0 fully saturated rings. The second-order valence-corrected chi connectivity index (χ2v) is 15.3. The minimum absolute atomic E-state index is 0.891. The van der Waals surface area contributed by atoms with Gasteiger partial charge in [0.2, 0.25) is 0 Å². The standard InChI is InChI=1S/C59H47N3/c1-4-5-8-19-42(2)59-54(29-18-30-57(59)60-50-25-11-7-12-26-50)55-41-48(33-35-56(55)61-51-34-32-45-22-13-14-23-46(45)39-51)49-36-37-62(58-31-16-15-28-53(58)43(3)38-49)52-27-17-24-47(40-52)44-20-9-6-10-21-44/h4-41,60-61H,2-3H2,1H3/b5-4-,19-8-,37-36-,49-38+. The highest BCUT2D eigenvalue weighted by atomic mass is 15.1. The Kier molecular flexibility index (Phi) is 11.4. The third-order valence-electron chi connectivity index (χ3n) is 11.2. The fourth-order valence-corrected chi connectivity index (χ4v) is 8.12. The van der Waals surface area contributed by atoms with Crippen LogP contribution in [0.3, 0.4) is 0 Å². The van der Waals surface area contributed by atoms with E-state index in [1.54, 1.807) is 0 Å². The zero-order valence-electron chi connectivity index (χ0n) is 34.8. The Labute approximate surface area is 365 Å². The topological polar surface area (TPSA) is 27.3 Å². The molecule has 0 aliphatic carbocycles. The summed E-state index contributed by atoms with van der Waals surface area (Å²) in [7, 11) is 0. The summed E-state index contributed by atoms with van der Waals surface area (Å²) in [5.74, 6) is 0. The lowest BCUT2D eigenvalue weighted by molar-refractivity contribution is 1.27. The van der Waals surface area contributed by atoms with E-state index in [1.807, 2.05) is 43.4 Å². The van der Waals surface area contributed by atoms with Crippen molar-refractivity contribution in [3.05, 3.63) is 261 Å². The van der Waals surface area contributed by atoms with Gasteiger partial charge in [0.1, 0.15) is 0 Å². The molecule has 1 aliphatic heterocycles. The Morgan fingerprint density at radius 3 is 2.08 bits per heavy atom. The molecule has 0 saturated heterocycles. The fraction of sp³-hybridized carbons (Fsp3) is 0.0169. The molecule has 8 aromatic rings. The maximum absolute atomic E-state index is 4.65. The third-order valence-corrected chi connectivity index (χ3v) is 11.2. The number of hydrogen-bond acceptors (Lipinski definition) is 3. The van der Waals surface area contributed by atoms with E-state index in [1.165, 1.54) is 16.3 Å². The number of rotatable bonds is 11. The summed E-state index contributed by atoms with van der Waals surface area (Å²) in [5, 5.41) is 9.92. The van der Waals surface area contributed by atoms with Crippen LogP contribution in [0.4, 0.5) is 34.1 Å². The van der Waals surface area contributed by atoms with Gasteiger partial charge in [-0.1, -0.05) is 165 Å². The van der Waals surface area contributed by atoms with Crippen LogP contribution in [0.25, 0.3) is 49.7 Å². The quantitative estimate of drug-likeness (QED) is 0.128. The molecular weight excluding hydrogens is 751 g/mol. The predicted octanol–water partition coefficient (Wildman–Crippen LogP) is 16.6. The van der Waals surface area contributed by atoms with Gasteiger partial charge in [0.15, 0.2) is 0 Å². The molecule has 1 heterocycles. The number of allylic oxidation sites excluding steroid dienone is 9. The van der Waals surface area contributed by atoms with Crippen molar-refractivity contribution in [3.8, 4) is 22.3 Å². The van der Waals surface area contributed by atoms with Crippen LogP contribution in [0.5, 0.6) is 0 Å². The molecule has 3 heteroatoms. The summed E-state index contributed by atoms with van der Waals surface area (Å²) in [6, 6.07) is 66.2. The molecule has 0 spiro atoms. The van der Waals surface area contributed by atoms with Gasteiger partial charge in [-0.05, 0) is 129 Å². The number of anilines is 6. The van der Waals surface area contributed by atoms with Crippen molar-refractivity contribution < 1.29 is 0 Å². The molecule has 1 aliphatic rings. The Balaban J connectivity index is 1.20. The van der Waals surface area contributed by atoms with Crippen LogP contribution in [0, 0.1) is 0 Å². The van der Waals surface area contributed by atoms with E-state index in [4.69, 9.17) is 0 Å². The summed E-state index contributed by atoms with van der Waals surface area (Å²) >= 11 is 0. The smallest absolute Gasteiger partial charge is 0.0533 e. The average Bonchev–Trinajstić information content (AvgIpc) is 3.31. The summed E-state index contributed by atoms with van der Waals surface area (Å²) in [6.45, 7) is 11.3. The number of fused-ring (bicyclic) bond motifs is 2. The number of hydrogen-bond donors (Lipinski definition) is 2. The largest absolute Gasteiger partial charge is 0.355 e. The van der Waals surface area contributed by atoms with E-state index in [0.717, 1.165) is 84.2 Å².